The van der Waals surface area contributed by atoms with Crippen LogP contribution in [0, 0.1) is 6.92 Å². The van der Waals surface area contributed by atoms with E-state index in [9.17, 15) is 4.79 Å². The molecular weight excluding hydrogens is 336 g/mol. The Morgan fingerprint density at radius 2 is 1.78 bits per heavy atom. The summed E-state index contributed by atoms with van der Waals surface area (Å²) in [7, 11) is 0. The fourth-order valence-corrected chi connectivity index (χ4v) is 3.08. The van der Waals surface area contributed by atoms with E-state index in [1.807, 2.05) is 73.8 Å². The molecule has 0 aliphatic rings. The largest absolute Gasteiger partial charge is 0.306 e. The van der Waals surface area contributed by atoms with E-state index < -0.39 is 0 Å². The normalized spacial score (nSPS) is 11.0. The smallest absolute Gasteiger partial charge is 0.266 e. The molecule has 0 radical (unpaired) electrons. The van der Waals surface area contributed by atoms with Crippen molar-refractivity contribution in [2.24, 2.45) is 0 Å². The lowest BCUT2D eigenvalue weighted by Crippen LogP contribution is -2.27. The van der Waals surface area contributed by atoms with Crippen molar-refractivity contribution in [3.63, 3.8) is 0 Å². The minimum Gasteiger partial charge on any atom is -0.306 e. The summed E-state index contributed by atoms with van der Waals surface area (Å²) in [5.41, 5.74) is 3.72. The summed E-state index contributed by atoms with van der Waals surface area (Å²) in [6.07, 6.45) is 3.58. The number of rotatable bonds is 5. The molecule has 5 heteroatoms. The third-order valence-electron chi connectivity index (χ3n) is 4.47. The number of nitrogens with zero attached hydrogens (tertiary/aromatic N) is 3. The third-order valence-corrected chi connectivity index (χ3v) is 4.47. The van der Waals surface area contributed by atoms with Gasteiger partial charge in [0.2, 0.25) is 0 Å². The monoisotopic (exact) mass is 356 g/mol. The van der Waals surface area contributed by atoms with Crippen LogP contribution in [0.5, 0.6) is 0 Å². The second-order valence-electron chi connectivity index (χ2n) is 6.49. The number of pyridine rings is 1. The quantitative estimate of drug-likeness (QED) is 0.596. The van der Waals surface area contributed by atoms with Crippen molar-refractivity contribution in [2.45, 2.75) is 20.0 Å². The van der Waals surface area contributed by atoms with Crippen LogP contribution in [0.3, 0.4) is 0 Å². The zero-order valence-electron chi connectivity index (χ0n) is 15.1. The maximum atomic E-state index is 13.2. The van der Waals surface area contributed by atoms with Crippen LogP contribution in [0.25, 0.3) is 16.6 Å². The van der Waals surface area contributed by atoms with Gasteiger partial charge in [-0.1, -0.05) is 35.9 Å². The van der Waals surface area contributed by atoms with Gasteiger partial charge in [0.25, 0.3) is 5.56 Å². The Kier molecular flexibility index (Phi) is 4.77. The molecule has 27 heavy (non-hydrogen) atoms. The molecule has 0 aliphatic carbocycles. The van der Waals surface area contributed by atoms with Crippen molar-refractivity contribution < 1.29 is 0 Å². The Balaban J connectivity index is 1.74. The SMILES string of the molecule is Cc1ccc(-n2c(CNCc3cccnc3)nc3ccccc3c2=O)cc1. The molecule has 0 unspecified atom stereocenters. The molecule has 0 aliphatic heterocycles. The maximum absolute atomic E-state index is 13.2. The van der Waals surface area contributed by atoms with Gasteiger partial charge in [-0.3, -0.25) is 14.3 Å². The minimum absolute atomic E-state index is 0.0531. The van der Waals surface area contributed by atoms with Crippen molar-refractivity contribution in [2.75, 3.05) is 0 Å². The Labute approximate surface area is 157 Å². The summed E-state index contributed by atoms with van der Waals surface area (Å²) >= 11 is 0. The topological polar surface area (TPSA) is 59.8 Å². The molecule has 1 N–H and O–H groups in total. The van der Waals surface area contributed by atoms with E-state index in [1.54, 1.807) is 10.8 Å². The van der Waals surface area contributed by atoms with E-state index in [0.717, 1.165) is 16.8 Å². The van der Waals surface area contributed by atoms with Crippen LogP contribution in [-0.2, 0) is 13.1 Å². The molecule has 2 heterocycles. The molecule has 0 bridgehead atoms. The number of hydrogen-bond acceptors (Lipinski definition) is 4. The molecule has 0 atom stereocenters. The lowest BCUT2D eigenvalue weighted by Gasteiger charge is -2.14. The van der Waals surface area contributed by atoms with Gasteiger partial charge in [-0.25, -0.2) is 4.98 Å². The molecule has 2 aromatic heterocycles. The van der Waals surface area contributed by atoms with E-state index in [4.69, 9.17) is 4.98 Å². The Morgan fingerprint density at radius 3 is 2.56 bits per heavy atom. The van der Waals surface area contributed by atoms with E-state index in [1.165, 1.54) is 0 Å². The van der Waals surface area contributed by atoms with Crippen LogP contribution in [0.4, 0.5) is 0 Å². The second-order valence-corrected chi connectivity index (χ2v) is 6.49. The summed E-state index contributed by atoms with van der Waals surface area (Å²) in [4.78, 5) is 22.0. The van der Waals surface area contributed by atoms with Crippen LogP contribution in [0.1, 0.15) is 17.0 Å². The average Bonchev–Trinajstić information content (AvgIpc) is 2.70. The Bertz CT molecular complexity index is 1120. The maximum Gasteiger partial charge on any atom is 0.266 e. The number of benzene rings is 2. The molecule has 4 aromatic rings. The summed E-state index contributed by atoms with van der Waals surface area (Å²) < 4.78 is 1.69. The van der Waals surface area contributed by atoms with Gasteiger partial charge in [-0.2, -0.15) is 0 Å². The first-order chi connectivity index (χ1) is 13.2. The molecule has 5 nitrogen and oxygen atoms in total. The number of para-hydroxylation sites is 1. The molecule has 0 spiro atoms. The first-order valence-corrected chi connectivity index (χ1v) is 8.90. The van der Waals surface area contributed by atoms with Gasteiger partial charge in [-0.05, 0) is 42.8 Å². The molecule has 0 amide bonds. The second kappa shape index (κ2) is 7.51. The highest BCUT2D eigenvalue weighted by molar-refractivity contribution is 5.77. The summed E-state index contributed by atoms with van der Waals surface area (Å²) in [6, 6.07) is 19.3. The van der Waals surface area contributed by atoms with E-state index in [0.29, 0.717) is 29.8 Å². The standard InChI is InChI=1S/C22H20N4O/c1-16-8-10-18(11-9-16)26-21(15-24-14-17-5-4-12-23-13-17)25-20-7-3-2-6-19(20)22(26)27/h2-13,24H,14-15H2,1H3. The van der Waals surface area contributed by atoms with Crippen molar-refractivity contribution >= 4 is 10.9 Å². The molecule has 4 rings (SSSR count). The van der Waals surface area contributed by atoms with Crippen LogP contribution in [-0.4, -0.2) is 14.5 Å². The predicted molar refractivity (Wildman–Crippen MR) is 107 cm³/mol. The number of nitrogens with one attached hydrogen (secondary N) is 1. The highest BCUT2D eigenvalue weighted by Crippen LogP contribution is 2.14. The van der Waals surface area contributed by atoms with E-state index in [2.05, 4.69) is 10.3 Å². The van der Waals surface area contributed by atoms with Crippen LogP contribution in [0.2, 0.25) is 0 Å². The summed E-state index contributed by atoms with van der Waals surface area (Å²) in [6.45, 7) is 3.16. The van der Waals surface area contributed by atoms with Gasteiger partial charge >= 0.3 is 0 Å². The molecule has 0 saturated heterocycles. The van der Waals surface area contributed by atoms with Gasteiger partial charge in [0.1, 0.15) is 5.82 Å². The molecular formula is C22H20N4O. The lowest BCUT2D eigenvalue weighted by molar-refractivity contribution is 0.642. The summed E-state index contributed by atoms with van der Waals surface area (Å²) in [5, 5.41) is 3.99. The predicted octanol–water partition coefficient (Wildman–Crippen LogP) is 3.38. The first-order valence-electron chi connectivity index (χ1n) is 8.90. The van der Waals surface area contributed by atoms with E-state index >= 15 is 0 Å². The molecule has 2 aromatic carbocycles. The third kappa shape index (κ3) is 3.64. The van der Waals surface area contributed by atoms with Crippen LogP contribution in [0.15, 0.2) is 77.9 Å². The zero-order valence-corrected chi connectivity index (χ0v) is 15.1. The molecule has 0 fully saturated rings. The first kappa shape index (κ1) is 17.1. The Hall–Kier alpha value is -3.31. The molecule has 0 saturated carbocycles. The average molecular weight is 356 g/mol. The zero-order chi connectivity index (χ0) is 18.6. The number of aromatic nitrogens is 3. The minimum atomic E-state index is -0.0531. The van der Waals surface area contributed by atoms with Gasteiger partial charge in [-0.15, -0.1) is 0 Å². The van der Waals surface area contributed by atoms with Crippen molar-refractivity contribution in [1.82, 2.24) is 19.9 Å². The van der Waals surface area contributed by atoms with Crippen molar-refractivity contribution in [3.8, 4) is 5.69 Å². The highest BCUT2D eigenvalue weighted by atomic mass is 16.1. The van der Waals surface area contributed by atoms with Gasteiger partial charge in [0.15, 0.2) is 0 Å². The fourth-order valence-electron chi connectivity index (χ4n) is 3.08. The number of fused-ring (bicyclic) bond motifs is 1. The van der Waals surface area contributed by atoms with Crippen LogP contribution >= 0.6 is 0 Å². The number of hydrogen-bond donors (Lipinski definition) is 1. The van der Waals surface area contributed by atoms with Crippen LogP contribution < -0.4 is 10.9 Å². The van der Waals surface area contributed by atoms with Crippen molar-refractivity contribution in [3.05, 3.63) is 100 Å². The highest BCUT2D eigenvalue weighted by Gasteiger charge is 2.12. The molecule has 134 valence electrons. The number of aryl methyl sites for hydroxylation is 1. The summed E-state index contributed by atoms with van der Waals surface area (Å²) in [5.74, 6) is 0.687. The van der Waals surface area contributed by atoms with Crippen molar-refractivity contribution in [1.29, 1.82) is 0 Å². The fraction of sp³-hybridized carbons (Fsp3) is 0.136. The van der Waals surface area contributed by atoms with Gasteiger partial charge in [0.05, 0.1) is 23.1 Å². The lowest BCUT2D eigenvalue weighted by atomic mass is 10.2. The van der Waals surface area contributed by atoms with Gasteiger partial charge in [0, 0.05) is 18.9 Å². The van der Waals surface area contributed by atoms with Gasteiger partial charge < -0.3 is 5.32 Å². The Morgan fingerprint density at radius 1 is 0.963 bits per heavy atom. The van der Waals surface area contributed by atoms with E-state index in [-0.39, 0.29) is 5.56 Å².